The number of fused-ring (bicyclic) bond motifs is 1. The van der Waals surface area contributed by atoms with Gasteiger partial charge in [-0.2, -0.15) is 0 Å². The zero-order valence-corrected chi connectivity index (χ0v) is 14.5. The lowest BCUT2D eigenvalue weighted by atomic mass is 9.79. The van der Waals surface area contributed by atoms with Crippen LogP contribution in [0.3, 0.4) is 0 Å². The van der Waals surface area contributed by atoms with E-state index >= 15 is 0 Å². The molecule has 1 aliphatic rings. The van der Waals surface area contributed by atoms with E-state index in [1.165, 1.54) is 24.0 Å². The molecule has 0 saturated heterocycles. The van der Waals surface area contributed by atoms with Crippen LogP contribution < -0.4 is 10.1 Å². The molecule has 1 aromatic carbocycles. The maximum atomic E-state index is 6.29. The highest BCUT2D eigenvalue weighted by atomic mass is 35.5. The lowest BCUT2D eigenvalue weighted by molar-refractivity contribution is 0.262. The lowest BCUT2D eigenvalue weighted by Crippen LogP contribution is -2.37. The molecule has 1 aromatic rings. The van der Waals surface area contributed by atoms with Gasteiger partial charge in [0.2, 0.25) is 0 Å². The van der Waals surface area contributed by atoms with Gasteiger partial charge in [-0.25, -0.2) is 0 Å². The fraction of sp³-hybridized carbons (Fsp3) is 0.667. The summed E-state index contributed by atoms with van der Waals surface area (Å²) < 4.78 is 5.86. The van der Waals surface area contributed by atoms with E-state index in [1.54, 1.807) is 0 Å². The monoisotopic (exact) mass is 309 g/mol. The summed E-state index contributed by atoms with van der Waals surface area (Å²) in [6.45, 7) is 10.8. The molecule has 1 heterocycles. The second-order valence-corrected chi connectivity index (χ2v) is 7.36. The van der Waals surface area contributed by atoms with E-state index in [-0.39, 0.29) is 5.41 Å². The van der Waals surface area contributed by atoms with Gasteiger partial charge < -0.3 is 10.1 Å². The van der Waals surface area contributed by atoms with Crippen LogP contribution in [-0.4, -0.2) is 19.2 Å². The molecule has 1 aliphatic heterocycles. The largest absolute Gasteiger partial charge is 0.493 e. The Morgan fingerprint density at radius 3 is 2.81 bits per heavy atom. The minimum Gasteiger partial charge on any atom is -0.493 e. The molecule has 0 saturated carbocycles. The maximum Gasteiger partial charge on any atom is 0.125 e. The molecule has 0 amide bonds. The SMILES string of the molecule is CCCC(C)(CNC(C)C)Cc1cc(Cl)cc2c1OCC2. The number of hydrogen-bond acceptors (Lipinski definition) is 2. The summed E-state index contributed by atoms with van der Waals surface area (Å²) in [7, 11) is 0. The van der Waals surface area contributed by atoms with E-state index in [4.69, 9.17) is 16.3 Å². The lowest BCUT2D eigenvalue weighted by Gasteiger charge is -2.31. The normalized spacial score (nSPS) is 16.7. The van der Waals surface area contributed by atoms with E-state index in [2.05, 4.69) is 45.1 Å². The number of ether oxygens (including phenoxy) is 1. The van der Waals surface area contributed by atoms with Crippen molar-refractivity contribution in [2.45, 2.75) is 59.4 Å². The van der Waals surface area contributed by atoms with Gasteiger partial charge in [-0.05, 0) is 41.5 Å². The summed E-state index contributed by atoms with van der Waals surface area (Å²) in [4.78, 5) is 0. The third kappa shape index (κ3) is 4.37. The molecule has 0 fully saturated rings. The summed E-state index contributed by atoms with van der Waals surface area (Å²) in [5.41, 5.74) is 2.79. The molecule has 2 rings (SSSR count). The Balaban J connectivity index is 2.20. The summed E-state index contributed by atoms with van der Waals surface area (Å²) >= 11 is 6.29. The molecule has 0 radical (unpaired) electrons. The molecule has 0 aliphatic carbocycles. The first-order chi connectivity index (χ1) is 9.93. The number of rotatable bonds is 7. The van der Waals surface area contributed by atoms with Crippen molar-refractivity contribution in [3.63, 3.8) is 0 Å². The third-order valence-corrected chi connectivity index (χ3v) is 4.45. The van der Waals surface area contributed by atoms with Crippen molar-refractivity contribution in [1.29, 1.82) is 0 Å². The molecular formula is C18H28ClNO. The average molecular weight is 310 g/mol. The fourth-order valence-electron chi connectivity index (χ4n) is 3.23. The van der Waals surface area contributed by atoms with Crippen molar-refractivity contribution < 1.29 is 4.74 Å². The third-order valence-electron chi connectivity index (χ3n) is 4.23. The van der Waals surface area contributed by atoms with Crippen molar-refractivity contribution in [2.24, 2.45) is 5.41 Å². The fourth-order valence-corrected chi connectivity index (χ4v) is 3.49. The average Bonchev–Trinajstić information content (AvgIpc) is 2.85. The van der Waals surface area contributed by atoms with Crippen molar-refractivity contribution in [3.05, 3.63) is 28.3 Å². The zero-order chi connectivity index (χ0) is 15.5. The maximum absolute atomic E-state index is 6.29. The Kier molecular flexibility index (Phi) is 5.56. The highest BCUT2D eigenvalue weighted by Gasteiger charge is 2.27. The van der Waals surface area contributed by atoms with E-state index in [0.717, 1.165) is 36.8 Å². The predicted molar refractivity (Wildman–Crippen MR) is 90.5 cm³/mol. The number of benzene rings is 1. The van der Waals surface area contributed by atoms with Gasteiger partial charge in [0.05, 0.1) is 6.61 Å². The van der Waals surface area contributed by atoms with Gasteiger partial charge in [-0.3, -0.25) is 0 Å². The van der Waals surface area contributed by atoms with Gasteiger partial charge in [0.25, 0.3) is 0 Å². The Bertz CT molecular complexity index is 486. The molecule has 0 aromatic heterocycles. The number of hydrogen-bond donors (Lipinski definition) is 1. The van der Waals surface area contributed by atoms with Crippen LogP contribution in [0.5, 0.6) is 5.75 Å². The predicted octanol–water partition coefficient (Wildman–Crippen LogP) is 4.62. The Hall–Kier alpha value is -0.730. The smallest absolute Gasteiger partial charge is 0.125 e. The van der Waals surface area contributed by atoms with Crippen LogP contribution in [0.4, 0.5) is 0 Å². The standard InChI is InChI=1S/C18H28ClNO/c1-5-7-18(4,12-20-13(2)3)11-15-10-16(19)9-14-6-8-21-17(14)15/h9-10,13,20H,5-8,11-12H2,1-4H3. The van der Waals surface area contributed by atoms with Gasteiger partial charge in [-0.1, -0.05) is 45.7 Å². The van der Waals surface area contributed by atoms with E-state index in [1.807, 2.05) is 0 Å². The van der Waals surface area contributed by atoms with Crippen molar-refractivity contribution >= 4 is 11.6 Å². The highest BCUT2D eigenvalue weighted by molar-refractivity contribution is 6.30. The van der Waals surface area contributed by atoms with Crippen LogP contribution in [-0.2, 0) is 12.8 Å². The van der Waals surface area contributed by atoms with Crippen LogP contribution in [0.25, 0.3) is 0 Å². The highest BCUT2D eigenvalue weighted by Crippen LogP contribution is 2.38. The molecule has 3 heteroatoms. The van der Waals surface area contributed by atoms with Gasteiger partial charge in [0.15, 0.2) is 0 Å². The topological polar surface area (TPSA) is 21.3 Å². The Morgan fingerprint density at radius 1 is 1.38 bits per heavy atom. The summed E-state index contributed by atoms with van der Waals surface area (Å²) in [5.74, 6) is 1.09. The second kappa shape index (κ2) is 7.02. The number of nitrogens with one attached hydrogen (secondary N) is 1. The van der Waals surface area contributed by atoms with Gasteiger partial charge in [0.1, 0.15) is 5.75 Å². The molecule has 0 bridgehead atoms. The minimum atomic E-state index is 0.240. The summed E-state index contributed by atoms with van der Waals surface area (Å²) in [6.07, 6.45) is 4.40. The van der Waals surface area contributed by atoms with Crippen LogP contribution in [0.2, 0.25) is 5.02 Å². The minimum absolute atomic E-state index is 0.240. The first-order valence-corrected chi connectivity index (χ1v) is 8.49. The van der Waals surface area contributed by atoms with Crippen LogP contribution >= 0.6 is 11.6 Å². The van der Waals surface area contributed by atoms with E-state index < -0.39 is 0 Å². The molecule has 0 spiro atoms. The Labute approximate surface area is 134 Å². The van der Waals surface area contributed by atoms with Gasteiger partial charge >= 0.3 is 0 Å². The van der Waals surface area contributed by atoms with Gasteiger partial charge in [-0.15, -0.1) is 0 Å². The van der Waals surface area contributed by atoms with Crippen LogP contribution in [0.15, 0.2) is 12.1 Å². The molecule has 1 unspecified atom stereocenters. The van der Waals surface area contributed by atoms with Crippen molar-refractivity contribution in [3.8, 4) is 5.75 Å². The second-order valence-electron chi connectivity index (χ2n) is 6.92. The zero-order valence-electron chi connectivity index (χ0n) is 13.8. The molecule has 1 N–H and O–H groups in total. The molecule has 21 heavy (non-hydrogen) atoms. The van der Waals surface area contributed by atoms with Crippen molar-refractivity contribution in [1.82, 2.24) is 5.32 Å². The van der Waals surface area contributed by atoms with Crippen LogP contribution in [0, 0.1) is 5.41 Å². The first kappa shape index (κ1) is 16.6. The molecule has 2 nitrogen and oxygen atoms in total. The van der Waals surface area contributed by atoms with Gasteiger partial charge in [0, 0.05) is 24.0 Å². The molecule has 118 valence electrons. The summed E-state index contributed by atoms with van der Waals surface area (Å²) in [6, 6.07) is 4.66. The molecule has 1 atom stereocenters. The van der Waals surface area contributed by atoms with Crippen molar-refractivity contribution in [2.75, 3.05) is 13.2 Å². The van der Waals surface area contributed by atoms with Crippen LogP contribution in [0.1, 0.15) is 51.7 Å². The summed E-state index contributed by atoms with van der Waals surface area (Å²) in [5, 5.41) is 4.44. The quantitative estimate of drug-likeness (QED) is 0.793. The Morgan fingerprint density at radius 2 is 2.14 bits per heavy atom. The van der Waals surface area contributed by atoms with E-state index in [0.29, 0.717) is 6.04 Å². The van der Waals surface area contributed by atoms with E-state index in [9.17, 15) is 0 Å². The molecular weight excluding hydrogens is 282 g/mol. The first-order valence-electron chi connectivity index (χ1n) is 8.11. The number of halogens is 1.